The Labute approximate surface area is 154 Å². The molecule has 0 radical (unpaired) electrons. The molecule has 1 saturated carbocycles. The first kappa shape index (κ1) is 17.8. The molecule has 0 spiro atoms. The van der Waals surface area contributed by atoms with E-state index in [0.29, 0.717) is 29.2 Å². The summed E-state index contributed by atoms with van der Waals surface area (Å²) in [5.74, 6) is 1.69. The third-order valence-corrected chi connectivity index (χ3v) is 5.26. The Kier molecular flexibility index (Phi) is 5.63. The van der Waals surface area contributed by atoms with Crippen molar-refractivity contribution in [2.75, 3.05) is 11.1 Å². The molecule has 0 unspecified atom stereocenters. The van der Waals surface area contributed by atoms with Crippen molar-refractivity contribution >= 4 is 23.1 Å². The Morgan fingerprint density at radius 2 is 1.72 bits per heavy atom. The van der Waals surface area contributed by atoms with Crippen molar-refractivity contribution in [3.63, 3.8) is 0 Å². The maximum absolute atomic E-state index is 6.25. The molecule has 0 saturated heterocycles. The van der Waals surface area contributed by atoms with Crippen LogP contribution in [0.15, 0.2) is 18.5 Å². The Morgan fingerprint density at radius 1 is 1.08 bits per heavy atom. The molecular weight excluding hydrogens is 336 g/mol. The second kappa shape index (κ2) is 7.91. The lowest BCUT2D eigenvalue weighted by Gasteiger charge is -2.19. The average Bonchev–Trinajstić information content (AvgIpc) is 2.85. The zero-order valence-electron chi connectivity index (χ0n) is 14.8. The van der Waals surface area contributed by atoms with Gasteiger partial charge in [0, 0.05) is 11.1 Å². The van der Waals surface area contributed by atoms with Crippen molar-refractivity contribution in [1.29, 1.82) is 0 Å². The fourth-order valence-electron chi connectivity index (χ4n) is 3.27. The van der Waals surface area contributed by atoms with Gasteiger partial charge in [0.2, 0.25) is 5.88 Å². The number of nitrogens with one attached hydrogen (secondary N) is 1. The molecule has 1 aliphatic carbocycles. The highest BCUT2D eigenvalue weighted by Gasteiger charge is 2.17. The van der Waals surface area contributed by atoms with Gasteiger partial charge < -0.3 is 15.8 Å². The lowest BCUT2D eigenvalue weighted by Crippen LogP contribution is -2.20. The van der Waals surface area contributed by atoms with Gasteiger partial charge in [0.15, 0.2) is 5.82 Å². The van der Waals surface area contributed by atoms with Gasteiger partial charge in [-0.3, -0.25) is 0 Å². The quantitative estimate of drug-likeness (QED) is 0.728. The number of nitrogens with two attached hydrogens (primary N) is 1. The highest BCUT2D eigenvalue weighted by atomic mass is 35.5. The molecule has 25 heavy (non-hydrogen) atoms. The van der Waals surface area contributed by atoms with Crippen LogP contribution in [0.4, 0.5) is 11.5 Å². The average molecular weight is 361 g/mol. The number of benzene rings is 1. The fourth-order valence-corrected chi connectivity index (χ4v) is 3.38. The van der Waals surface area contributed by atoms with E-state index in [1.54, 1.807) is 0 Å². The van der Waals surface area contributed by atoms with E-state index >= 15 is 0 Å². The summed E-state index contributed by atoms with van der Waals surface area (Å²) in [6, 6.07) is 4.18. The first-order valence-electron chi connectivity index (χ1n) is 8.86. The van der Waals surface area contributed by atoms with Crippen LogP contribution < -0.4 is 15.8 Å². The second-order valence-electron chi connectivity index (χ2n) is 6.75. The molecule has 6 heteroatoms. The van der Waals surface area contributed by atoms with Crippen molar-refractivity contribution in [3.8, 4) is 11.6 Å². The number of ether oxygens (including phenoxy) is 1. The van der Waals surface area contributed by atoms with E-state index < -0.39 is 0 Å². The smallest absolute Gasteiger partial charge is 0.248 e. The van der Waals surface area contributed by atoms with Crippen molar-refractivity contribution in [1.82, 2.24) is 9.97 Å². The van der Waals surface area contributed by atoms with Gasteiger partial charge in [-0.1, -0.05) is 37.3 Å². The summed E-state index contributed by atoms with van der Waals surface area (Å²) >= 11 is 6.22. The number of anilines is 2. The fraction of sp³-hybridized carbons (Fsp3) is 0.474. The van der Waals surface area contributed by atoms with Gasteiger partial charge in [-0.25, -0.2) is 4.98 Å². The molecule has 1 fully saturated rings. The van der Waals surface area contributed by atoms with Crippen LogP contribution in [0.5, 0.6) is 11.6 Å². The molecule has 2 aromatic rings. The summed E-state index contributed by atoms with van der Waals surface area (Å²) in [5, 5.41) is 4.22. The van der Waals surface area contributed by atoms with E-state index in [1.807, 2.05) is 26.0 Å². The normalized spacial score (nSPS) is 15.6. The van der Waals surface area contributed by atoms with E-state index in [0.717, 1.165) is 29.0 Å². The first-order valence-corrected chi connectivity index (χ1v) is 9.24. The summed E-state index contributed by atoms with van der Waals surface area (Å²) in [4.78, 5) is 8.50. The van der Waals surface area contributed by atoms with E-state index in [9.17, 15) is 0 Å². The molecule has 0 aliphatic heterocycles. The number of hydrogen-bond donors (Lipinski definition) is 2. The lowest BCUT2D eigenvalue weighted by atomic mass is 10.1. The zero-order chi connectivity index (χ0) is 17.8. The molecule has 1 aliphatic rings. The molecule has 0 bridgehead atoms. The number of rotatable bonds is 4. The summed E-state index contributed by atoms with van der Waals surface area (Å²) in [7, 11) is 0. The Balaban J connectivity index is 1.78. The third-order valence-electron chi connectivity index (χ3n) is 4.67. The molecule has 0 atom stereocenters. The Bertz CT molecular complexity index is 719. The van der Waals surface area contributed by atoms with Crippen LogP contribution in [0.1, 0.15) is 49.7 Å². The summed E-state index contributed by atoms with van der Waals surface area (Å²) in [6.45, 7) is 3.90. The molecule has 1 aromatic heterocycles. The van der Waals surface area contributed by atoms with Crippen LogP contribution in [0, 0.1) is 13.8 Å². The summed E-state index contributed by atoms with van der Waals surface area (Å²) in [5.41, 5.74) is 8.62. The molecule has 1 heterocycles. The lowest BCUT2D eigenvalue weighted by molar-refractivity contribution is 0.463. The largest absolute Gasteiger partial charge is 0.437 e. The molecule has 1 aromatic carbocycles. The van der Waals surface area contributed by atoms with Crippen molar-refractivity contribution in [2.45, 2.75) is 58.4 Å². The maximum atomic E-state index is 6.25. The standard InChI is InChI=1S/C19H25ClN4O/c1-12-9-15(10-13(2)16(12)20)25-19-17(21)18(22-11-23-19)24-14-7-5-3-4-6-8-14/h9-11,14H,3-8,21H2,1-2H3,(H,22,23,24). The number of aromatic nitrogens is 2. The highest BCUT2D eigenvalue weighted by Crippen LogP contribution is 2.33. The van der Waals surface area contributed by atoms with Gasteiger partial charge in [-0.05, 0) is 49.9 Å². The molecule has 3 N–H and O–H groups in total. The molecule has 3 rings (SSSR count). The van der Waals surface area contributed by atoms with Crippen molar-refractivity contribution < 1.29 is 4.74 Å². The number of nitrogen functional groups attached to an aromatic ring is 1. The molecule has 134 valence electrons. The van der Waals surface area contributed by atoms with Crippen molar-refractivity contribution in [2.24, 2.45) is 0 Å². The van der Waals surface area contributed by atoms with E-state index in [4.69, 9.17) is 22.1 Å². The van der Waals surface area contributed by atoms with Gasteiger partial charge in [-0.2, -0.15) is 4.98 Å². The van der Waals surface area contributed by atoms with E-state index in [-0.39, 0.29) is 0 Å². The summed E-state index contributed by atoms with van der Waals surface area (Å²) in [6.07, 6.45) is 8.89. The van der Waals surface area contributed by atoms with Crippen LogP contribution in [0.2, 0.25) is 5.02 Å². The number of nitrogens with zero attached hydrogens (tertiary/aromatic N) is 2. The Morgan fingerprint density at radius 3 is 2.36 bits per heavy atom. The monoisotopic (exact) mass is 360 g/mol. The van der Waals surface area contributed by atoms with Gasteiger partial charge in [0.05, 0.1) is 0 Å². The summed E-state index contributed by atoms with van der Waals surface area (Å²) < 4.78 is 5.91. The molecular formula is C19H25ClN4O. The van der Waals surface area contributed by atoms with Crippen LogP contribution in [-0.4, -0.2) is 16.0 Å². The first-order chi connectivity index (χ1) is 12.0. The Hall–Kier alpha value is -2.01. The second-order valence-corrected chi connectivity index (χ2v) is 7.13. The maximum Gasteiger partial charge on any atom is 0.248 e. The minimum absolute atomic E-state index is 0.368. The highest BCUT2D eigenvalue weighted by molar-refractivity contribution is 6.32. The minimum Gasteiger partial charge on any atom is -0.437 e. The predicted molar refractivity (Wildman–Crippen MR) is 103 cm³/mol. The van der Waals surface area contributed by atoms with Gasteiger partial charge in [0.1, 0.15) is 17.8 Å². The van der Waals surface area contributed by atoms with E-state index in [2.05, 4.69) is 15.3 Å². The number of aryl methyl sites for hydroxylation is 2. The zero-order valence-corrected chi connectivity index (χ0v) is 15.6. The van der Waals surface area contributed by atoms with Gasteiger partial charge in [-0.15, -0.1) is 0 Å². The van der Waals surface area contributed by atoms with Crippen LogP contribution in [0.3, 0.4) is 0 Å². The SMILES string of the molecule is Cc1cc(Oc2ncnc(NC3CCCCCC3)c2N)cc(C)c1Cl. The topological polar surface area (TPSA) is 73.1 Å². The molecule has 5 nitrogen and oxygen atoms in total. The van der Waals surface area contributed by atoms with Crippen LogP contribution >= 0.6 is 11.6 Å². The van der Waals surface area contributed by atoms with Crippen molar-refractivity contribution in [3.05, 3.63) is 34.6 Å². The van der Waals surface area contributed by atoms with Crippen LogP contribution in [0.25, 0.3) is 0 Å². The minimum atomic E-state index is 0.368. The third kappa shape index (κ3) is 4.34. The predicted octanol–water partition coefficient (Wildman–Crippen LogP) is 5.26. The molecule has 0 amide bonds. The van der Waals surface area contributed by atoms with Gasteiger partial charge >= 0.3 is 0 Å². The number of hydrogen-bond acceptors (Lipinski definition) is 5. The van der Waals surface area contributed by atoms with E-state index in [1.165, 1.54) is 32.0 Å². The number of halogens is 1. The van der Waals surface area contributed by atoms with Gasteiger partial charge in [0.25, 0.3) is 0 Å². The van der Waals surface area contributed by atoms with Crippen LogP contribution in [-0.2, 0) is 0 Å².